The zero-order valence-corrected chi connectivity index (χ0v) is 16.0. The average molecular weight is 390 g/mol. The molecular formula is C19H22N2O5S. The molecule has 0 unspecified atom stereocenters. The first kappa shape index (κ1) is 20.6. The standard InChI is InChI=1S/C19H22N2O5S/c1-21(2)27(25,26)17-10-6-4-8-15(17)13-20-18(22)12-11-14-7-3-5-9-16(14)19(23)24/h3-10H,11-13H2,1-2H3,(H,20,22)(H,23,24). The molecule has 0 saturated heterocycles. The minimum Gasteiger partial charge on any atom is -0.478 e. The molecule has 2 aromatic rings. The molecule has 0 aromatic heterocycles. The Morgan fingerprint density at radius 3 is 2.22 bits per heavy atom. The monoisotopic (exact) mass is 390 g/mol. The highest BCUT2D eigenvalue weighted by Crippen LogP contribution is 2.18. The summed E-state index contributed by atoms with van der Waals surface area (Å²) in [6, 6.07) is 13.0. The van der Waals surface area contributed by atoms with Gasteiger partial charge >= 0.3 is 5.97 Å². The lowest BCUT2D eigenvalue weighted by Gasteiger charge is -2.15. The van der Waals surface area contributed by atoms with E-state index in [9.17, 15) is 23.1 Å². The Hall–Kier alpha value is -2.71. The van der Waals surface area contributed by atoms with Crippen molar-refractivity contribution in [3.63, 3.8) is 0 Å². The molecule has 7 nitrogen and oxygen atoms in total. The number of nitrogens with one attached hydrogen (secondary N) is 1. The normalized spacial score (nSPS) is 11.4. The summed E-state index contributed by atoms with van der Waals surface area (Å²) in [5.74, 6) is -1.32. The van der Waals surface area contributed by atoms with Crippen molar-refractivity contribution in [3.8, 4) is 0 Å². The maximum atomic E-state index is 12.4. The van der Waals surface area contributed by atoms with Gasteiger partial charge in [-0.2, -0.15) is 0 Å². The molecule has 0 aliphatic rings. The molecule has 0 spiro atoms. The zero-order chi connectivity index (χ0) is 20.0. The van der Waals surface area contributed by atoms with Crippen LogP contribution in [0.15, 0.2) is 53.4 Å². The van der Waals surface area contributed by atoms with Gasteiger partial charge in [0.25, 0.3) is 0 Å². The van der Waals surface area contributed by atoms with Crippen molar-refractivity contribution in [2.45, 2.75) is 24.3 Å². The minimum absolute atomic E-state index is 0.0721. The van der Waals surface area contributed by atoms with Gasteiger partial charge in [-0.1, -0.05) is 36.4 Å². The van der Waals surface area contributed by atoms with Crippen LogP contribution in [0, 0.1) is 0 Å². The number of carboxylic acid groups (broad SMARTS) is 1. The second-order valence-corrected chi connectivity index (χ2v) is 8.25. The fourth-order valence-electron chi connectivity index (χ4n) is 2.58. The lowest BCUT2D eigenvalue weighted by Crippen LogP contribution is -2.27. The van der Waals surface area contributed by atoms with Gasteiger partial charge in [0.15, 0.2) is 0 Å². The van der Waals surface area contributed by atoms with Crippen molar-refractivity contribution in [1.82, 2.24) is 9.62 Å². The predicted octanol–water partition coefficient (Wildman–Crippen LogP) is 1.88. The highest BCUT2D eigenvalue weighted by Gasteiger charge is 2.20. The second-order valence-electron chi connectivity index (χ2n) is 6.13. The maximum absolute atomic E-state index is 12.4. The maximum Gasteiger partial charge on any atom is 0.335 e. The largest absolute Gasteiger partial charge is 0.478 e. The van der Waals surface area contributed by atoms with Crippen molar-refractivity contribution in [2.24, 2.45) is 0 Å². The van der Waals surface area contributed by atoms with Crippen molar-refractivity contribution in [1.29, 1.82) is 0 Å². The van der Waals surface area contributed by atoms with E-state index in [0.717, 1.165) is 4.31 Å². The average Bonchev–Trinajstić information content (AvgIpc) is 2.64. The number of carbonyl (C=O) groups is 2. The number of sulfonamides is 1. The van der Waals surface area contributed by atoms with Gasteiger partial charge < -0.3 is 10.4 Å². The van der Waals surface area contributed by atoms with Crippen LogP contribution < -0.4 is 5.32 Å². The SMILES string of the molecule is CN(C)S(=O)(=O)c1ccccc1CNC(=O)CCc1ccccc1C(=O)O. The van der Waals surface area contributed by atoms with E-state index in [0.29, 0.717) is 11.1 Å². The van der Waals surface area contributed by atoms with Crippen LogP contribution in [0.2, 0.25) is 0 Å². The Bertz CT molecular complexity index is 939. The molecule has 2 rings (SSSR count). The number of amides is 1. The van der Waals surface area contributed by atoms with E-state index in [1.807, 2.05) is 0 Å². The third-order valence-corrected chi connectivity index (χ3v) is 5.99. The van der Waals surface area contributed by atoms with Crippen LogP contribution >= 0.6 is 0 Å². The topological polar surface area (TPSA) is 104 Å². The van der Waals surface area contributed by atoms with E-state index in [-0.39, 0.29) is 35.8 Å². The second kappa shape index (κ2) is 8.79. The van der Waals surface area contributed by atoms with Crippen LogP contribution in [-0.2, 0) is 27.8 Å². The number of aryl methyl sites for hydroxylation is 1. The molecule has 1 amide bonds. The first-order chi connectivity index (χ1) is 12.7. The summed E-state index contributed by atoms with van der Waals surface area (Å²) in [7, 11) is -0.711. The first-order valence-corrected chi connectivity index (χ1v) is 9.76. The number of hydrogen-bond acceptors (Lipinski definition) is 4. The van der Waals surface area contributed by atoms with Gasteiger partial charge in [-0.25, -0.2) is 17.5 Å². The number of benzene rings is 2. The fourth-order valence-corrected chi connectivity index (χ4v) is 3.69. The predicted molar refractivity (Wildman–Crippen MR) is 101 cm³/mol. The van der Waals surface area contributed by atoms with E-state index in [1.54, 1.807) is 36.4 Å². The van der Waals surface area contributed by atoms with Gasteiger partial charge in [0.2, 0.25) is 15.9 Å². The molecule has 8 heteroatoms. The first-order valence-electron chi connectivity index (χ1n) is 8.32. The lowest BCUT2D eigenvalue weighted by atomic mass is 10.0. The zero-order valence-electron chi connectivity index (χ0n) is 15.2. The highest BCUT2D eigenvalue weighted by molar-refractivity contribution is 7.89. The molecule has 0 fully saturated rings. The number of carbonyl (C=O) groups excluding carboxylic acids is 1. The Morgan fingerprint density at radius 2 is 1.59 bits per heavy atom. The molecular weight excluding hydrogens is 368 g/mol. The summed E-state index contributed by atoms with van der Waals surface area (Å²) in [6.45, 7) is 0.0721. The highest BCUT2D eigenvalue weighted by atomic mass is 32.2. The van der Waals surface area contributed by atoms with E-state index >= 15 is 0 Å². The van der Waals surface area contributed by atoms with Crippen LogP contribution in [-0.4, -0.2) is 43.8 Å². The Morgan fingerprint density at radius 1 is 1.00 bits per heavy atom. The molecule has 0 heterocycles. The molecule has 144 valence electrons. The quantitative estimate of drug-likeness (QED) is 0.716. The summed E-state index contributed by atoms with van der Waals surface area (Å²) >= 11 is 0. The molecule has 0 saturated carbocycles. The summed E-state index contributed by atoms with van der Waals surface area (Å²) in [5.41, 5.74) is 1.24. The Kier molecular flexibility index (Phi) is 6.70. The molecule has 0 aliphatic heterocycles. The lowest BCUT2D eigenvalue weighted by molar-refractivity contribution is -0.121. The van der Waals surface area contributed by atoms with E-state index < -0.39 is 16.0 Å². The van der Waals surface area contributed by atoms with E-state index in [1.165, 1.54) is 26.2 Å². The van der Waals surface area contributed by atoms with Crippen molar-refractivity contribution < 1.29 is 23.1 Å². The van der Waals surface area contributed by atoms with Gasteiger partial charge in [-0.3, -0.25) is 4.79 Å². The van der Waals surface area contributed by atoms with Gasteiger partial charge in [-0.05, 0) is 29.7 Å². The van der Waals surface area contributed by atoms with Crippen LogP contribution in [0.3, 0.4) is 0 Å². The van der Waals surface area contributed by atoms with Crippen molar-refractivity contribution in [2.75, 3.05) is 14.1 Å². The third kappa shape index (κ3) is 5.15. The van der Waals surface area contributed by atoms with Crippen LogP contribution in [0.4, 0.5) is 0 Å². The van der Waals surface area contributed by atoms with Crippen molar-refractivity contribution >= 4 is 21.9 Å². The summed E-state index contributed by atoms with van der Waals surface area (Å²) in [4.78, 5) is 23.5. The smallest absolute Gasteiger partial charge is 0.335 e. The Labute approximate surface area is 158 Å². The molecule has 2 N–H and O–H groups in total. The Balaban J connectivity index is 2.03. The number of nitrogens with zero attached hydrogens (tertiary/aromatic N) is 1. The van der Waals surface area contributed by atoms with Gasteiger partial charge in [0.1, 0.15) is 0 Å². The number of hydrogen-bond donors (Lipinski definition) is 2. The van der Waals surface area contributed by atoms with Crippen molar-refractivity contribution in [3.05, 3.63) is 65.2 Å². The summed E-state index contributed by atoms with van der Waals surface area (Å²) in [5, 5.41) is 11.9. The van der Waals surface area contributed by atoms with E-state index in [4.69, 9.17) is 0 Å². The number of rotatable bonds is 8. The van der Waals surface area contributed by atoms with Gasteiger partial charge in [-0.15, -0.1) is 0 Å². The van der Waals surface area contributed by atoms with Crippen LogP contribution in [0.5, 0.6) is 0 Å². The van der Waals surface area contributed by atoms with Gasteiger partial charge in [0.05, 0.1) is 10.5 Å². The van der Waals surface area contributed by atoms with Crippen LogP contribution in [0.1, 0.15) is 27.9 Å². The van der Waals surface area contributed by atoms with Crippen LogP contribution in [0.25, 0.3) is 0 Å². The number of aromatic carboxylic acids is 1. The van der Waals surface area contributed by atoms with Gasteiger partial charge in [0, 0.05) is 27.1 Å². The molecule has 0 atom stereocenters. The third-order valence-electron chi connectivity index (χ3n) is 4.08. The molecule has 0 aliphatic carbocycles. The summed E-state index contributed by atoms with van der Waals surface area (Å²) < 4.78 is 25.9. The fraction of sp³-hybridized carbons (Fsp3) is 0.263. The molecule has 0 radical (unpaired) electrons. The minimum atomic E-state index is -3.61. The molecule has 0 bridgehead atoms. The number of carboxylic acids is 1. The molecule has 2 aromatic carbocycles. The summed E-state index contributed by atoms with van der Waals surface area (Å²) in [6.07, 6.45) is 0.388. The molecule has 27 heavy (non-hydrogen) atoms. The van der Waals surface area contributed by atoms with E-state index in [2.05, 4.69) is 5.32 Å².